The molecule has 1 saturated carbocycles. The zero-order valence-electron chi connectivity index (χ0n) is 12.8. The van der Waals surface area contributed by atoms with Crippen LogP contribution >= 0.6 is 11.6 Å². The number of imidazole rings is 1. The van der Waals surface area contributed by atoms with Gasteiger partial charge in [0.1, 0.15) is 5.82 Å². The standard InChI is InChI=1S/C17H23ClN2/c1-11-7-5-8-13-15(11)19-16(12(2)18)20(13)14-9-6-10-17(14,3)4/h5,7-8,12,14H,6,9-10H2,1-4H3. The van der Waals surface area contributed by atoms with Crippen LogP contribution in [-0.2, 0) is 0 Å². The first-order valence-electron chi connectivity index (χ1n) is 7.53. The fourth-order valence-corrected chi connectivity index (χ4v) is 3.82. The molecule has 1 aliphatic rings. The lowest BCUT2D eigenvalue weighted by Crippen LogP contribution is -2.23. The fourth-order valence-electron chi connectivity index (χ4n) is 3.67. The van der Waals surface area contributed by atoms with Gasteiger partial charge in [-0.2, -0.15) is 0 Å². The maximum atomic E-state index is 6.42. The number of alkyl halides is 1. The van der Waals surface area contributed by atoms with Crippen molar-refractivity contribution >= 4 is 22.6 Å². The smallest absolute Gasteiger partial charge is 0.128 e. The molecule has 1 heterocycles. The van der Waals surface area contributed by atoms with Crippen molar-refractivity contribution in [1.29, 1.82) is 0 Å². The first kappa shape index (κ1) is 13.9. The van der Waals surface area contributed by atoms with Gasteiger partial charge in [0, 0.05) is 6.04 Å². The highest BCUT2D eigenvalue weighted by Crippen LogP contribution is 2.48. The highest BCUT2D eigenvalue weighted by molar-refractivity contribution is 6.20. The molecule has 0 spiro atoms. The van der Waals surface area contributed by atoms with Gasteiger partial charge in [-0.15, -0.1) is 11.6 Å². The molecule has 2 unspecified atom stereocenters. The first-order chi connectivity index (χ1) is 9.42. The number of hydrogen-bond donors (Lipinski definition) is 0. The third kappa shape index (κ3) is 2.05. The Bertz CT molecular complexity index is 640. The molecule has 1 aromatic heterocycles. The molecule has 2 atom stereocenters. The Morgan fingerprint density at radius 1 is 1.40 bits per heavy atom. The van der Waals surface area contributed by atoms with Gasteiger partial charge in [-0.25, -0.2) is 4.98 Å². The lowest BCUT2D eigenvalue weighted by atomic mass is 9.87. The van der Waals surface area contributed by atoms with Crippen LogP contribution in [0.15, 0.2) is 18.2 Å². The Labute approximate surface area is 126 Å². The summed E-state index contributed by atoms with van der Waals surface area (Å²) in [6.07, 6.45) is 3.79. The number of hydrogen-bond acceptors (Lipinski definition) is 1. The normalized spacial score (nSPS) is 23.4. The molecule has 0 aliphatic heterocycles. The van der Waals surface area contributed by atoms with Gasteiger partial charge in [-0.1, -0.05) is 32.4 Å². The maximum Gasteiger partial charge on any atom is 0.128 e. The second-order valence-corrected chi connectivity index (χ2v) is 7.45. The van der Waals surface area contributed by atoms with E-state index in [0.29, 0.717) is 11.5 Å². The third-order valence-electron chi connectivity index (χ3n) is 4.82. The Morgan fingerprint density at radius 2 is 2.15 bits per heavy atom. The average Bonchev–Trinajstić information content (AvgIpc) is 2.90. The molecule has 0 bridgehead atoms. The van der Waals surface area contributed by atoms with Crippen molar-refractivity contribution in [3.05, 3.63) is 29.6 Å². The molecule has 2 aromatic rings. The van der Waals surface area contributed by atoms with Gasteiger partial charge in [0.25, 0.3) is 0 Å². The summed E-state index contributed by atoms with van der Waals surface area (Å²) in [6.45, 7) is 8.89. The van der Waals surface area contributed by atoms with Gasteiger partial charge in [0.2, 0.25) is 0 Å². The van der Waals surface area contributed by atoms with Crippen LogP contribution in [-0.4, -0.2) is 9.55 Å². The van der Waals surface area contributed by atoms with Crippen LogP contribution in [0, 0.1) is 12.3 Å². The Kier molecular flexibility index (Phi) is 3.32. The summed E-state index contributed by atoms with van der Waals surface area (Å²) in [5.41, 5.74) is 3.90. The van der Waals surface area contributed by atoms with E-state index in [1.807, 2.05) is 6.92 Å². The van der Waals surface area contributed by atoms with Crippen molar-refractivity contribution in [3.8, 4) is 0 Å². The molecular weight excluding hydrogens is 268 g/mol. The second kappa shape index (κ2) is 4.77. The van der Waals surface area contributed by atoms with Crippen LogP contribution in [0.25, 0.3) is 11.0 Å². The first-order valence-corrected chi connectivity index (χ1v) is 7.97. The molecule has 108 valence electrons. The molecule has 1 aliphatic carbocycles. The van der Waals surface area contributed by atoms with Crippen molar-refractivity contribution in [2.45, 2.75) is 58.4 Å². The van der Waals surface area contributed by atoms with E-state index >= 15 is 0 Å². The van der Waals surface area contributed by atoms with Gasteiger partial charge in [0.15, 0.2) is 0 Å². The summed E-state index contributed by atoms with van der Waals surface area (Å²) in [6, 6.07) is 6.94. The zero-order valence-corrected chi connectivity index (χ0v) is 13.5. The van der Waals surface area contributed by atoms with E-state index in [-0.39, 0.29) is 5.38 Å². The highest BCUT2D eigenvalue weighted by Gasteiger charge is 2.38. The van der Waals surface area contributed by atoms with E-state index in [1.165, 1.54) is 30.3 Å². The van der Waals surface area contributed by atoms with Gasteiger partial charge in [0.05, 0.1) is 16.4 Å². The van der Waals surface area contributed by atoms with Gasteiger partial charge < -0.3 is 4.57 Å². The van der Waals surface area contributed by atoms with Crippen LogP contribution in [0.3, 0.4) is 0 Å². The molecule has 1 aromatic carbocycles. The summed E-state index contributed by atoms with van der Waals surface area (Å²) >= 11 is 6.42. The summed E-state index contributed by atoms with van der Waals surface area (Å²) in [7, 11) is 0. The van der Waals surface area contributed by atoms with Crippen LogP contribution in [0.2, 0.25) is 0 Å². The summed E-state index contributed by atoms with van der Waals surface area (Å²) in [4.78, 5) is 4.85. The number of aryl methyl sites for hydroxylation is 1. The van der Waals surface area contributed by atoms with Gasteiger partial charge in [-0.3, -0.25) is 0 Å². The van der Waals surface area contributed by atoms with E-state index < -0.39 is 0 Å². The van der Waals surface area contributed by atoms with Crippen molar-refractivity contribution in [2.24, 2.45) is 5.41 Å². The highest BCUT2D eigenvalue weighted by atomic mass is 35.5. The van der Waals surface area contributed by atoms with E-state index in [9.17, 15) is 0 Å². The van der Waals surface area contributed by atoms with Gasteiger partial charge in [-0.05, 0) is 43.7 Å². The number of para-hydroxylation sites is 1. The minimum Gasteiger partial charge on any atom is -0.323 e. The molecule has 0 saturated heterocycles. The molecule has 3 rings (SSSR count). The number of aromatic nitrogens is 2. The molecule has 2 nitrogen and oxygen atoms in total. The SMILES string of the molecule is Cc1cccc2c1nc(C(C)Cl)n2C1CCCC1(C)C. The molecule has 3 heteroatoms. The Morgan fingerprint density at radius 3 is 2.75 bits per heavy atom. The van der Waals surface area contributed by atoms with Crippen LogP contribution in [0.4, 0.5) is 0 Å². The second-order valence-electron chi connectivity index (χ2n) is 6.80. The third-order valence-corrected chi connectivity index (χ3v) is 5.01. The zero-order chi connectivity index (χ0) is 14.5. The number of benzene rings is 1. The van der Waals surface area contributed by atoms with Gasteiger partial charge >= 0.3 is 0 Å². The van der Waals surface area contributed by atoms with Crippen molar-refractivity contribution < 1.29 is 0 Å². The topological polar surface area (TPSA) is 17.8 Å². The van der Waals surface area contributed by atoms with Crippen molar-refractivity contribution in [2.75, 3.05) is 0 Å². The molecular formula is C17H23ClN2. The molecule has 1 fully saturated rings. The number of halogens is 1. The van der Waals surface area contributed by atoms with Crippen LogP contribution < -0.4 is 0 Å². The molecule has 20 heavy (non-hydrogen) atoms. The van der Waals surface area contributed by atoms with E-state index in [2.05, 4.69) is 43.5 Å². The van der Waals surface area contributed by atoms with Crippen LogP contribution in [0.5, 0.6) is 0 Å². The number of rotatable bonds is 2. The molecule has 0 N–H and O–H groups in total. The quantitative estimate of drug-likeness (QED) is 0.678. The van der Waals surface area contributed by atoms with E-state index in [1.54, 1.807) is 0 Å². The minimum atomic E-state index is -0.0572. The van der Waals surface area contributed by atoms with E-state index in [4.69, 9.17) is 16.6 Å². The molecule has 0 radical (unpaired) electrons. The predicted molar refractivity (Wildman–Crippen MR) is 85.4 cm³/mol. The summed E-state index contributed by atoms with van der Waals surface area (Å²) in [5.74, 6) is 1.02. The maximum absolute atomic E-state index is 6.42. The predicted octanol–water partition coefficient (Wildman–Crippen LogP) is 5.40. The van der Waals surface area contributed by atoms with Crippen LogP contribution in [0.1, 0.15) is 62.8 Å². The Balaban J connectivity index is 2.27. The number of nitrogens with zero attached hydrogens (tertiary/aromatic N) is 2. The van der Waals surface area contributed by atoms with E-state index in [0.717, 1.165) is 11.3 Å². The lowest BCUT2D eigenvalue weighted by Gasteiger charge is -2.30. The fraction of sp³-hybridized carbons (Fsp3) is 0.588. The molecule has 0 amide bonds. The largest absolute Gasteiger partial charge is 0.323 e. The monoisotopic (exact) mass is 290 g/mol. The lowest BCUT2D eigenvalue weighted by molar-refractivity contribution is 0.261. The minimum absolute atomic E-state index is 0.0572. The Hall–Kier alpha value is -1.02. The van der Waals surface area contributed by atoms with Crippen molar-refractivity contribution in [1.82, 2.24) is 9.55 Å². The summed E-state index contributed by atoms with van der Waals surface area (Å²) in [5, 5.41) is -0.0572. The number of fused-ring (bicyclic) bond motifs is 1. The average molecular weight is 291 g/mol. The van der Waals surface area contributed by atoms with Crippen molar-refractivity contribution in [3.63, 3.8) is 0 Å². The summed E-state index contributed by atoms with van der Waals surface area (Å²) < 4.78 is 2.42.